The minimum atomic E-state index is -1.05. The lowest BCUT2D eigenvalue weighted by Crippen LogP contribution is -2.22. The maximum atomic E-state index is 12.4. The first-order chi connectivity index (χ1) is 6.15. The normalized spacial score (nSPS) is 12.5. The largest absolute Gasteiger partial charge is 0.481 e. The zero-order valence-electron chi connectivity index (χ0n) is 6.77. The van der Waals surface area contributed by atoms with Crippen molar-refractivity contribution in [3.63, 3.8) is 0 Å². The molecule has 1 unspecified atom stereocenters. The van der Waals surface area contributed by atoms with E-state index in [1.54, 1.807) is 0 Å². The Morgan fingerprint density at radius 2 is 2.38 bits per heavy atom. The molecular formula is C8H9FN2O2. The number of halogens is 1. The van der Waals surface area contributed by atoms with Crippen LogP contribution in [0.25, 0.3) is 0 Å². The van der Waals surface area contributed by atoms with Gasteiger partial charge in [-0.15, -0.1) is 0 Å². The highest BCUT2D eigenvalue weighted by Gasteiger charge is 2.18. The minimum Gasteiger partial charge on any atom is -0.481 e. The summed E-state index contributed by atoms with van der Waals surface area (Å²) in [6.45, 7) is -0.0477. The lowest BCUT2D eigenvalue weighted by atomic mass is 10.1. The van der Waals surface area contributed by atoms with Gasteiger partial charge in [-0.2, -0.15) is 0 Å². The summed E-state index contributed by atoms with van der Waals surface area (Å²) in [6, 6.07) is 2.48. The first-order valence-electron chi connectivity index (χ1n) is 3.69. The predicted octanol–water partition coefficient (Wildman–Crippen LogP) is 0.348. The molecule has 4 nitrogen and oxygen atoms in total. The Labute approximate surface area is 74.2 Å². The van der Waals surface area contributed by atoms with Crippen LogP contribution in [0.15, 0.2) is 18.3 Å². The van der Waals surface area contributed by atoms with Gasteiger partial charge in [0.2, 0.25) is 0 Å². The van der Waals surface area contributed by atoms with Crippen molar-refractivity contribution in [3.8, 4) is 0 Å². The van der Waals surface area contributed by atoms with Crippen molar-refractivity contribution in [3.05, 3.63) is 29.8 Å². The molecule has 5 heteroatoms. The molecular weight excluding hydrogens is 175 g/mol. The minimum absolute atomic E-state index is 0.0477. The Morgan fingerprint density at radius 3 is 2.77 bits per heavy atom. The van der Waals surface area contributed by atoms with E-state index in [1.165, 1.54) is 6.07 Å². The van der Waals surface area contributed by atoms with E-state index in [0.717, 1.165) is 12.3 Å². The molecule has 0 saturated heterocycles. The maximum Gasteiger partial charge on any atom is 0.313 e. The van der Waals surface area contributed by atoms with Gasteiger partial charge in [0.25, 0.3) is 0 Å². The molecule has 0 amide bonds. The number of carboxylic acid groups (broad SMARTS) is 1. The molecule has 70 valence electrons. The number of carboxylic acids is 1. The van der Waals surface area contributed by atoms with Gasteiger partial charge in [0.15, 0.2) is 0 Å². The summed E-state index contributed by atoms with van der Waals surface area (Å²) in [4.78, 5) is 14.2. The van der Waals surface area contributed by atoms with Crippen LogP contribution in [0.5, 0.6) is 0 Å². The number of aromatic nitrogens is 1. The highest BCUT2D eigenvalue weighted by atomic mass is 19.1. The quantitative estimate of drug-likeness (QED) is 0.710. The topological polar surface area (TPSA) is 76.2 Å². The third kappa shape index (κ3) is 2.22. The monoisotopic (exact) mass is 184 g/mol. The number of aliphatic carboxylic acids is 1. The first-order valence-corrected chi connectivity index (χ1v) is 3.69. The average molecular weight is 184 g/mol. The molecule has 1 rings (SSSR count). The van der Waals surface area contributed by atoms with E-state index < -0.39 is 17.7 Å². The fourth-order valence-corrected chi connectivity index (χ4v) is 0.941. The Kier molecular flexibility index (Phi) is 2.92. The van der Waals surface area contributed by atoms with Crippen molar-refractivity contribution in [1.82, 2.24) is 4.98 Å². The maximum absolute atomic E-state index is 12.4. The molecule has 0 fully saturated rings. The molecule has 0 saturated carbocycles. The fourth-order valence-electron chi connectivity index (χ4n) is 0.941. The highest BCUT2D eigenvalue weighted by Crippen LogP contribution is 2.11. The molecule has 1 heterocycles. The van der Waals surface area contributed by atoms with E-state index in [2.05, 4.69) is 4.98 Å². The van der Waals surface area contributed by atoms with E-state index >= 15 is 0 Å². The summed E-state index contributed by atoms with van der Waals surface area (Å²) in [7, 11) is 0. The molecule has 0 aliphatic carbocycles. The molecule has 1 aromatic heterocycles. The third-order valence-corrected chi connectivity index (χ3v) is 1.64. The zero-order chi connectivity index (χ0) is 9.84. The first kappa shape index (κ1) is 9.60. The van der Waals surface area contributed by atoms with Gasteiger partial charge in [0, 0.05) is 6.54 Å². The lowest BCUT2D eigenvalue weighted by Gasteiger charge is -2.07. The Morgan fingerprint density at radius 1 is 1.69 bits per heavy atom. The number of hydrogen-bond donors (Lipinski definition) is 2. The summed E-state index contributed by atoms with van der Waals surface area (Å²) in [5.74, 6) is -2.41. The summed E-state index contributed by atoms with van der Waals surface area (Å²) < 4.78 is 12.4. The predicted molar refractivity (Wildman–Crippen MR) is 43.6 cm³/mol. The average Bonchev–Trinajstić information content (AvgIpc) is 2.09. The van der Waals surface area contributed by atoms with Crippen LogP contribution in [0.1, 0.15) is 11.6 Å². The van der Waals surface area contributed by atoms with Crippen molar-refractivity contribution in [2.75, 3.05) is 6.54 Å². The van der Waals surface area contributed by atoms with E-state index in [-0.39, 0.29) is 12.2 Å². The van der Waals surface area contributed by atoms with Gasteiger partial charge in [-0.3, -0.25) is 9.78 Å². The lowest BCUT2D eigenvalue weighted by molar-refractivity contribution is -0.138. The van der Waals surface area contributed by atoms with E-state index in [4.69, 9.17) is 10.8 Å². The SMILES string of the molecule is NCC(C(=O)O)c1ccc(F)cn1. The van der Waals surface area contributed by atoms with Crippen LogP contribution in [0.2, 0.25) is 0 Å². The van der Waals surface area contributed by atoms with Crippen LogP contribution in [0.3, 0.4) is 0 Å². The summed E-state index contributed by atoms with van der Waals surface area (Å²) >= 11 is 0. The molecule has 0 spiro atoms. The van der Waals surface area contributed by atoms with Crippen LogP contribution in [0, 0.1) is 5.82 Å². The van der Waals surface area contributed by atoms with Crippen molar-refractivity contribution in [2.45, 2.75) is 5.92 Å². The number of nitrogens with two attached hydrogens (primary N) is 1. The van der Waals surface area contributed by atoms with Crippen molar-refractivity contribution in [1.29, 1.82) is 0 Å². The van der Waals surface area contributed by atoms with Gasteiger partial charge in [-0.25, -0.2) is 4.39 Å². The smallest absolute Gasteiger partial charge is 0.313 e. The van der Waals surface area contributed by atoms with Gasteiger partial charge in [0.05, 0.1) is 11.9 Å². The summed E-state index contributed by atoms with van der Waals surface area (Å²) in [5.41, 5.74) is 5.50. The Hall–Kier alpha value is -1.49. The number of pyridine rings is 1. The van der Waals surface area contributed by atoms with Crippen molar-refractivity contribution >= 4 is 5.97 Å². The van der Waals surface area contributed by atoms with Crippen LogP contribution < -0.4 is 5.73 Å². The van der Waals surface area contributed by atoms with Gasteiger partial charge in [0.1, 0.15) is 11.7 Å². The molecule has 0 aliphatic rings. The van der Waals surface area contributed by atoms with Crippen molar-refractivity contribution in [2.24, 2.45) is 5.73 Å². The Balaban J connectivity index is 2.92. The Bertz CT molecular complexity index is 300. The van der Waals surface area contributed by atoms with Crippen LogP contribution in [-0.2, 0) is 4.79 Å². The second kappa shape index (κ2) is 3.95. The van der Waals surface area contributed by atoms with Gasteiger partial charge in [-0.05, 0) is 12.1 Å². The molecule has 0 radical (unpaired) electrons. The number of hydrogen-bond acceptors (Lipinski definition) is 3. The molecule has 1 aromatic rings. The highest BCUT2D eigenvalue weighted by molar-refractivity contribution is 5.75. The van der Waals surface area contributed by atoms with Crippen molar-refractivity contribution < 1.29 is 14.3 Å². The van der Waals surface area contributed by atoms with Gasteiger partial charge < -0.3 is 10.8 Å². The summed E-state index contributed by atoms with van der Waals surface area (Å²) in [5, 5.41) is 8.68. The molecule has 0 bridgehead atoms. The van der Waals surface area contributed by atoms with Gasteiger partial charge >= 0.3 is 5.97 Å². The standard InChI is InChI=1S/C8H9FN2O2/c9-5-1-2-7(11-4-5)6(3-10)8(12)13/h1-2,4,6H,3,10H2,(H,12,13). The molecule has 3 N–H and O–H groups in total. The van der Waals surface area contributed by atoms with Crippen LogP contribution in [0.4, 0.5) is 4.39 Å². The van der Waals surface area contributed by atoms with E-state index in [0.29, 0.717) is 0 Å². The molecule has 0 aliphatic heterocycles. The van der Waals surface area contributed by atoms with E-state index in [9.17, 15) is 9.18 Å². The number of carbonyl (C=O) groups is 1. The fraction of sp³-hybridized carbons (Fsp3) is 0.250. The van der Waals surface area contributed by atoms with Crippen LogP contribution >= 0.6 is 0 Å². The molecule has 13 heavy (non-hydrogen) atoms. The van der Waals surface area contributed by atoms with Gasteiger partial charge in [-0.1, -0.05) is 0 Å². The molecule has 0 aromatic carbocycles. The number of rotatable bonds is 3. The van der Waals surface area contributed by atoms with E-state index in [1.807, 2.05) is 0 Å². The number of nitrogens with zero attached hydrogens (tertiary/aromatic N) is 1. The molecule has 1 atom stereocenters. The summed E-state index contributed by atoms with van der Waals surface area (Å²) in [6.07, 6.45) is 0.973. The third-order valence-electron chi connectivity index (χ3n) is 1.64. The van der Waals surface area contributed by atoms with Crippen LogP contribution in [-0.4, -0.2) is 22.6 Å². The second-order valence-electron chi connectivity index (χ2n) is 2.53. The zero-order valence-corrected chi connectivity index (χ0v) is 6.77. The second-order valence-corrected chi connectivity index (χ2v) is 2.53.